The van der Waals surface area contributed by atoms with Gasteiger partial charge in [-0.25, -0.2) is 4.79 Å². The van der Waals surface area contributed by atoms with Gasteiger partial charge in [-0.15, -0.1) is 0 Å². The normalized spacial score (nSPS) is 11.6. The molecule has 0 fully saturated rings. The maximum absolute atomic E-state index is 11.6. The van der Waals surface area contributed by atoms with Gasteiger partial charge in [-0.2, -0.15) is 5.10 Å². The molecule has 4 heteroatoms. The highest BCUT2D eigenvalue weighted by molar-refractivity contribution is 5.87. The minimum absolute atomic E-state index is 0.115. The van der Waals surface area contributed by atoms with E-state index in [0.29, 0.717) is 12.3 Å². The van der Waals surface area contributed by atoms with Crippen molar-refractivity contribution >= 4 is 5.97 Å². The predicted molar refractivity (Wildman–Crippen MR) is 62.6 cm³/mol. The van der Waals surface area contributed by atoms with Crippen LogP contribution in [0.1, 0.15) is 50.8 Å². The summed E-state index contributed by atoms with van der Waals surface area (Å²) in [7, 11) is 0. The van der Waals surface area contributed by atoms with Gasteiger partial charge in [0.1, 0.15) is 0 Å². The van der Waals surface area contributed by atoms with Gasteiger partial charge in [0.25, 0.3) is 0 Å². The first-order valence-corrected chi connectivity index (χ1v) is 5.66. The van der Waals surface area contributed by atoms with Crippen LogP contribution < -0.4 is 0 Å². The van der Waals surface area contributed by atoms with Crippen molar-refractivity contribution in [3.8, 4) is 0 Å². The third-order valence-corrected chi connectivity index (χ3v) is 2.27. The van der Waals surface area contributed by atoms with Crippen LogP contribution in [0.5, 0.6) is 0 Å². The SMILES string of the molecule is CCOC(=O)c1cc(CC)n(C(C)(C)C)n1. The van der Waals surface area contributed by atoms with E-state index in [1.54, 1.807) is 6.92 Å². The largest absolute Gasteiger partial charge is 0.461 e. The molecule has 1 rings (SSSR count). The smallest absolute Gasteiger partial charge is 0.358 e. The third kappa shape index (κ3) is 2.62. The van der Waals surface area contributed by atoms with Crippen molar-refractivity contribution in [3.05, 3.63) is 17.5 Å². The number of esters is 1. The molecule has 0 atom stereocenters. The molecule has 0 N–H and O–H groups in total. The first kappa shape index (κ1) is 12.7. The van der Waals surface area contributed by atoms with Crippen molar-refractivity contribution < 1.29 is 9.53 Å². The van der Waals surface area contributed by atoms with E-state index < -0.39 is 0 Å². The minimum Gasteiger partial charge on any atom is -0.461 e. The van der Waals surface area contributed by atoms with E-state index in [9.17, 15) is 4.79 Å². The summed E-state index contributed by atoms with van der Waals surface area (Å²) in [6, 6.07) is 1.81. The Kier molecular flexibility index (Phi) is 3.73. The zero-order chi connectivity index (χ0) is 12.3. The van der Waals surface area contributed by atoms with Crippen molar-refractivity contribution in [2.75, 3.05) is 6.61 Å². The van der Waals surface area contributed by atoms with Crippen LogP contribution in [0.25, 0.3) is 0 Å². The van der Waals surface area contributed by atoms with Crippen molar-refractivity contribution in [3.63, 3.8) is 0 Å². The lowest BCUT2D eigenvalue weighted by molar-refractivity contribution is 0.0517. The molecule has 4 nitrogen and oxygen atoms in total. The average Bonchev–Trinajstić information content (AvgIpc) is 2.61. The van der Waals surface area contributed by atoms with Crippen LogP contribution in [0.2, 0.25) is 0 Å². The molecule has 0 saturated heterocycles. The lowest BCUT2D eigenvalue weighted by atomic mass is 10.1. The number of rotatable bonds is 3. The molecule has 1 heterocycles. The van der Waals surface area contributed by atoms with Crippen LogP contribution in [0, 0.1) is 0 Å². The Morgan fingerprint density at radius 3 is 2.44 bits per heavy atom. The summed E-state index contributed by atoms with van der Waals surface area (Å²) < 4.78 is 6.83. The molecule has 1 aromatic heterocycles. The van der Waals surface area contributed by atoms with Crippen molar-refractivity contribution in [2.24, 2.45) is 0 Å². The lowest BCUT2D eigenvalue weighted by Crippen LogP contribution is -2.25. The molecule has 90 valence electrons. The molecule has 0 aliphatic rings. The molecule has 0 spiro atoms. The summed E-state index contributed by atoms with van der Waals surface area (Å²) in [5.74, 6) is -0.347. The zero-order valence-corrected chi connectivity index (χ0v) is 10.7. The Bertz CT molecular complexity index is 375. The highest BCUT2D eigenvalue weighted by Crippen LogP contribution is 2.18. The van der Waals surface area contributed by atoms with Crippen molar-refractivity contribution in [1.82, 2.24) is 9.78 Å². The van der Waals surface area contributed by atoms with Gasteiger partial charge in [-0.05, 0) is 40.2 Å². The summed E-state index contributed by atoms with van der Waals surface area (Å²) in [5.41, 5.74) is 1.33. The Hall–Kier alpha value is -1.32. The summed E-state index contributed by atoms with van der Waals surface area (Å²) in [5, 5.41) is 4.31. The maximum atomic E-state index is 11.6. The number of carbonyl (C=O) groups is 1. The molecule has 0 aromatic carbocycles. The van der Waals surface area contributed by atoms with Gasteiger partial charge in [0.2, 0.25) is 0 Å². The molecule has 0 amide bonds. The summed E-state index contributed by atoms with van der Waals surface area (Å²) in [4.78, 5) is 11.6. The minimum atomic E-state index is -0.347. The Morgan fingerprint density at radius 2 is 2.06 bits per heavy atom. The standard InChI is InChI=1S/C12H20N2O2/c1-6-9-8-10(11(15)16-7-2)13-14(9)12(3,4)5/h8H,6-7H2,1-5H3. The fraction of sp³-hybridized carbons (Fsp3) is 0.667. The van der Waals surface area contributed by atoms with Crippen LogP contribution in [0.3, 0.4) is 0 Å². The third-order valence-electron chi connectivity index (χ3n) is 2.27. The summed E-state index contributed by atoms with van der Waals surface area (Å²) in [6.45, 7) is 10.4. The molecule has 0 saturated carbocycles. The number of hydrogen-bond donors (Lipinski definition) is 0. The number of aryl methyl sites for hydroxylation is 1. The van der Waals surface area contributed by atoms with E-state index in [4.69, 9.17) is 4.74 Å². The van der Waals surface area contributed by atoms with E-state index in [0.717, 1.165) is 12.1 Å². The fourth-order valence-corrected chi connectivity index (χ4v) is 1.56. The monoisotopic (exact) mass is 224 g/mol. The van der Waals surface area contributed by atoms with Gasteiger partial charge >= 0.3 is 5.97 Å². The number of nitrogens with zero attached hydrogens (tertiary/aromatic N) is 2. The summed E-state index contributed by atoms with van der Waals surface area (Å²) >= 11 is 0. The van der Waals surface area contributed by atoms with E-state index in [1.807, 2.05) is 17.7 Å². The van der Waals surface area contributed by atoms with Crippen LogP contribution in [0.4, 0.5) is 0 Å². The van der Waals surface area contributed by atoms with E-state index in [-0.39, 0.29) is 11.5 Å². The van der Waals surface area contributed by atoms with Crippen LogP contribution in [0.15, 0.2) is 6.07 Å². The van der Waals surface area contributed by atoms with Crippen LogP contribution in [-0.4, -0.2) is 22.4 Å². The molecule has 0 aliphatic heterocycles. The first-order valence-electron chi connectivity index (χ1n) is 5.66. The first-order chi connectivity index (χ1) is 7.40. The molecule has 0 bridgehead atoms. The molecular formula is C12H20N2O2. The van der Waals surface area contributed by atoms with Crippen LogP contribution in [-0.2, 0) is 16.7 Å². The van der Waals surface area contributed by atoms with Gasteiger partial charge in [-0.3, -0.25) is 4.68 Å². The lowest BCUT2D eigenvalue weighted by Gasteiger charge is -2.21. The van der Waals surface area contributed by atoms with Crippen LogP contribution >= 0.6 is 0 Å². The molecule has 16 heavy (non-hydrogen) atoms. The second kappa shape index (κ2) is 4.68. The Morgan fingerprint density at radius 1 is 1.44 bits per heavy atom. The molecule has 0 unspecified atom stereocenters. The average molecular weight is 224 g/mol. The van der Waals surface area contributed by atoms with Gasteiger partial charge in [0.05, 0.1) is 12.1 Å². The highest BCUT2D eigenvalue weighted by atomic mass is 16.5. The van der Waals surface area contributed by atoms with Gasteiger partial charge < -0.3 is 4.74 Å². The van der Waals surface area contributed by atoms with E-state index in [1.165, 1.54) is 0 Å². The van der Waals surface area contributed by atoms with E-state index >= 15 is 0 Å². The van der Waals surface area contributed by atoms with Gasteiger partial charge in [0, 0.05) is 5.69 Å². The molecule has 0 radical (unpaired) electrons. The van der Waals surface area contributed by atoms with Crippen molar-refractivity contribution in [2.45, 2.75) is 46.6 Å². The number of aromatic nitrogens is 2. The van der Waals surface area contributed by atoms with E-state index in [2.05, 4.69) is 25.9 Å². The predicted octanol–water partition coefficient (Wildman–Crippen LogP) is 2.38. The molecular weight excluding hydrogens is 204 g/mol. The quantitative estimate of drug-likeness (QED) is 0.740. The maximum Gasteiger partial charge on any atom is 0.358 e. The second-order valence-electron chi connectivity index (χ2n) is 4.68. The second-order valence-corrected chi connectivity index (χ2v) is 4.68. The van der Waals surface area contributed by atoms with Crippen molar-refractivity contribution in [1.29, 1.82) is 0 Å². The number of carbonyl (C=O) groups excluding carboxylic acids is 1. The highest BCUT2D eigenvalue weighted by Gasteiger charge is 2.21. The molecule has 1 aromatic rings. The summed E-state index contributed by atoms with van der Waals surface area (Å²) in [6.07, 6.45) is 0.851. The van der Waals surface area contributed by atoms with Gasteiger partial charge in [0.15, 0.2) is 5.69 Å². The number of ether oxygens (including phenoxy) is 1. The zero-order valence-electron chi connectivity index (χ0n) is 10.7. The topological polar surface area (TPSA) is 44.1 Å². The van der Waals surface area contributed by atoms with Gasteiger partial charge in [-0.1, -0.05) is 6.92 Å². The number of hydrogen-bond acceptors (Lipinski definition) is 3. The fourth-order valence-electron chi connectivity index (χ4n) is 1.56. The molecule has 0 aliphatic carbocycles. The Balaban J connectivity index is 3.08. The Labute approximate surface area is 96.6 Å².